The molecule has 3 rings (SSSR count). The van der Waals surface area contributed by atoms with E-state index < -0.39 is 5.79 Å². The Labute approximate surface area is 88.0 Å². The number of hydrogen-bond donors (Lipinski definition) is 0. The van der Waals surface area contributed by atoms with Gasteiger partial charge < -0.3 is 9.47 Å². The molecule has 1 heterocycles. The second kappa shape index (κ2) is 3.12. The van der Waals surface area contributed by atoms with Crippen molar-refractivity contribution < 1.29 is 13.9 Å². The van der Waals surface area contributed by atoms with Gasteiger partial charge in [0.25, 0.3) is 5.79 Å². The van der Waals surface area contributed by atoms with Gasteiger partial charge in [0.1, 0.15) is 5.82 Å². The summed E-state index contributed by atoms with van der Waals surface area (Å²) in [5.41, 5.74) is 0. The number of halogens is 1. The molecule has 3 heteroatoms. The maximum Gasteiger partial charge on any atom is 0.251 e. The van der Waals surface area contributed by atoms with Gasteiger partial charge in [0.15, 0.2) is 11.5 Å². The van der Waals surface area contributed by atoms with E-state index >= 15 is 0 Å². The molecule has 0 unspecified atom stereocenters. The summed E-state index contributed by atoms with van der Waals surface area (Å²) in [6.45, 7) is 0. The summed E-state index contributed by atoms with van der Waals surface area (Å²) < 4.78 is 24.5. The van der Waals surface area contributed by atoms with Crippen molar-refractivity contribution in [3.8, 4) is 11.5 Å². The van der Waals surface area contributed by atoms with Gasteiger partial charge in [-0.05, 0) is 25.0 Å². The van der Waals surface area contributed by atoms with Crippen molar-refractivity contribution in [2.75, 3.05) is 0 Å². The summed E-state index contributed by atoms with van der Waals surface area (Å²) in [6.07, 6.45) is 5.29. The topological polar surface area (TPSA) is 18.5 Å². The third-order valence-electron chi connectivity index (χ3n) is 3.11. The third kappa shape index (κ3) is 1.46. The number of benzene rings is 1. The van der Waals surface area contributed by atoms with Crippen molar-refractivity contribution in [2.24, 2.45) is 0 Å². The van der Waals surface area contributed by atoms with E-state index in [1.807, 2.05) is 0 Å². The van der Waals surface area contributed by atoms with E-state index in [-0.39, 0.29) is 5.82 Å². The largest absolute Gasteiger partial charge is 0.448 e. The van der Waals surface area contributed by atoms with E-state index in [9.17, 15) is 4.39 Å². The number of fused-ring (bicyclic) bond motifs is 1. The summed E-state index contributed by atoms with van der Waals surface area (Å²) in [7, 11) is 0. The van der Waals surface area contributed by atoms with Gasteiger partial charge in [-0.1, -0.05) is 6.42 Å². The fourth-order valence-electron chi connectivity index (χ4n) is 2.36. The van der Waals surface area contributed by atoms with Gasteiger partial charge in [0, 0.05) is 18.9 Å². The van der Waals surface area contributed by atoms with Crippen molar-refractivity contribution in [1.29, 1.82) is 0 Å². The van der Waals surface area contributed by atoms with Crippen LogP contribution in [0.5, 0.6) is 11.5 Å². The molecule has 1 fully saturated rings. The Morgan fingerprint density at radius 1 is 1.00 bits per heavy atom. The maximum absolute atomic E-state index is 13.0. The lowest BCUT2D eigenvalue weighted by Gasteiger charge is -2.31. The third-order valence-corrected chi connectivity index (χ3v) is 3.11. The molecule has 15 heavy (non-hydrogen) atoms. The minimum atomic E-state index is -0.492. The van der Waals surface area contributed by atoms with Crippen LogP contribution in [0.3, 0.4) is 0 Å². The Bertz CT molecular complexity index is 383. The van der Waals surface area contributed by atoms with E-state index in [2.05, 4.69) is 0 Å². The van der Waals surface area contributed by atoms with E-state index in [4.69, 9.17) is 9.47 Å². The highest BCUT2D eigenvalue weighted by Crippen LogP contribution is 2.45. The average Bonchev–Trinajstić information content (AvgIpc) is 2.56. The molecule has 0 N–H and O–H groups in total. The summed E-state index contributed by atoms with van der Waals surface area (Å²) in [5, 5.41) is 0. The first-order valence-corrected chi connectivity index (χ1v) is 5.45. The lowest BCUT2D eigenvalue weighted by molar-refractivity contribution is -0.105. The highest BCUT2D eigenvalue weighted by Gasteiger charge is 2.42. The quantitative estimate of drug-likeness (QED) is 0.651. The van der Waals surface area contributed by atoms with Gasteiger partial charge in [0.05, 0.1) is 0 Å². The molecular weight excluding hydrogens is 195 g/mol. The molecule has 0 radical (unpaired) electrons. The fraction of sp³-hybridized carbons (Fsp3) is 0.500. The Morgan fingerprint density at radius 3 is 2.53 bits per heavy atom. The summed E-state index contributed by atoms with van der Waals surface area (Å²) in [5.74, 6) is 0.467. The second-order valence-electron chi connectivity index (χ2n) is 4.27. The number of rotatable bonds is 0. The van der Waals surface area contributed by atoms with E-state index in [1.54, 1.807) is 6.07 Å². The summed E-state index contributed by atoms with van der Waals surface area (Å²) in [6, 6.07) is 4.46. The second-order valence-corrected chi connectivity index (χ2v) is 4.27. The molecule has 0 bridgehead atoms. The molecule has 1 aliphatic carbocycles. The Hall–Kier alpha value is -1.25. The summed E-state index contributed by atoms with van der Waals surface area (Å²) in [4.78, 5) is 0. The summed E-state index contributed by atoms with van der Waals surface area (Å²) >= 11 is 0. The Kier molecular flexibility index (Phi) is 1.87. The molecule has 1 aromatic rings. The van der Waals surface area contributed by atoms with Crippen LogP contribution in [0.25, 0.3) is 0 Å². The fourth-order valence-corrected chi connectivity index (χ4v) is 2.36. The molecule has 2 aliphatic rings. The van der Waals surface area contributed by atoms with E-state index in [1.165, 1.54) is 18.6 Å². The molecule has 0 atom stereocenters. The van der Waals surface area contributed by atoms with Gasteiger partial charge in [-0.2, -0.15) is 0 Å². The molecule has 1 aliphatic heterocycles. The average molecular weight is 208 g/mol. The van der Waals surface area contributed by atoms with Crippen LogP contribution in [0.2, 0.25) is 0 Å². The standard InChI is InChI=1S/C12H13FO2/c13-9-4-5-10-11(8-9)15-12(14-10)6-2-1-3-7-12/h4-5,8H,1-3,6-7H2. The first kappa shape index (κ1) is 9.01. The van der Waals surface area contributed by atoms with Crippen molar-refractivity contribution >= 4 is 0 Å². The molecule has 0 aromatic heterocycles. The number of ether oxygens (including phenoxy) is 2. The van der Waals surface area contributed by atoms with Crippen LogP contribution in [-0.2, 0) is 0 Å². The molecule has 0 saturated heterocycles. The van der Waals surface area contributed by atoms with Crippen LogP contribution in [0.4, 0.5) is 4.39 Å². The van der Waals surface area contributed by atoms with E-state index in [0.29, 0.717) is 11.5 Å². The SMILES string of the molecule is Fc1ccc2c(c1)OC1(CCCCC1)O2. The van der Waals surface area contributed by atoms with Crippen molar-refractivity contribution in [3.05, 3.63) is 24.0 Å². The molecule has 80 valence electrons. The van der Waals surface area contributed by atoms with Crippen LogP contribution in [0.15, 0.2) is 18.2 Å². The number of hydrogen-bond acceptors (Lipinski definition) is 2. The van der Waals surface area contributed by atoms with Gasteiger partial charge in [-0.15, -0.1) is 0 Å². The smallest absolute Gasteiger partial charge is 0.251 e. The molecule has 2 nitrogen and oxygen atoms in total. The van der Waals surface area contributed by atoms with Crippen molar-refractivity contribution in [2.45, 2.75) is 37.9 Å². The van der Waals surface area contributed by atoms with Crippen LogP contribution < -0.4 is 9.47 Å². The highest BCUT2D eigenvalue weighted by atomic mass is 19.1. The molecular formula is C12H13FO2. The van der Waals surface area contributed by atoms with Gasteiger partial charge in [0.2, 0.25) is 0 Å². The minimum Gasteiger partial charge on any atom is -0.448 e. The zero-order valence-electron chi connectivity index (χ0n) is 8.46. The monoisotopic (exact) mass is 208 g/mol. The maximum atomic E-state index is 13.0. The lowest BCUT2D eigenvalue weighted by Crippen LogP contribution is -2.40. The zero-order chi connectivity index (χ0) is 10.3. The van der Waals surface area contributed by atoms with Crippen LogP contribution in [-0.4, -0.2) is 5.79 Å². The predicted octanol–water partition coefficient (Wildman–Crippen LogP) is 3.26. The molecule has 1 saturated carbocycles. The van der Waals surface area contributed by atoms with Crippen molar-refractivity contribution in [1.82, 2.24) is 0 Å². The van der Waals surface area contributed by atoms with E-state index in [0.717, 1.165) is 25.7 Å². The molecule has 1 spiro atoms. The van der Waals surface area contributed by atoms with Gasteiger partial charge in [-0.25, -0.2) is 4.39 Å². The molecule has 0 amide bonds. The Balaban J connectivity index is 1.90. The highest BCUT2D eigenvalue weighted by molar-refractivity contribution is 5.43. The molecule has 1 aromatic carbocycles. The van der Waals surface area contributed by atoms with Gasteiger partial charge in [-0.3, -0.25) is 0 Å². The van der Waals surface area contributed by atoms with Gasteiger partial charge >= 0.3 is 0 Å². The van der Waals surface area contributed by atoms with Crippen LogP contribution in [0.1, 0.15) is 32.1 Å². The van der Waals surface area contributed by atoms with Crippen molar-refractivity contribution in [3.63, 3.8) is 0 Å². The Morgan fingerprint density at radius 2 is 1.73 bits per heavy atom. The lowest BCUT2D eigenvalue weighted by atomic mass is 9.94. The van der Waals surface area contributed by atoms with Crippen LogP contribution in [0, 0.1) is 5.82 Å². The normalized spacial score (nSPS) is 21.9. The minimum absolute atomic E-state index is 0.273. The predicted molar refractivity (Wildman–Crippen MR) is 53.5 cm³/mol. The first-order chi connectivity index (χ1) is 7.27. The zero-order valence-corrected chi connectivity index (χ0v) is 8.46. The first-order valence-electron chi connectivity index (χ1n) is 5.45. The van der Waals surface area contributed by atoms with Crippen LogP contribution >= 0.6 is 0 Å².